The van der Waals surface area contributed by atoms with Crippen molar-refractivity contribution in [2.75, 3.05) is 13.2 Å². The van der Waals surface area contributed by atoms with Gasteiger partial charge in [0.05, 0.1) is 6.61 Å². The quantitative estimate of drug-likeness (QED) is 0.0413. The third-order valence-corrected chi connectivity index (χ3v) is 8.28. The maximum Gasteiger partial charge on any atom is 0.306 e. The van der Waals surface area contributed by atoms with E-state index in [1.165, 1.54) is 89.9 Å². The molecule has 0 bridgehead atoms. The van der Waals surface area contributed by atoms with E-state index in [0.717, 1.165) is 64.2 Å². The van der Waals surface area contributed by atoms with E-state index >= 15 is 0 Å². The van der Waals surface area contributed by atoms with Gasteiger partial charge >= 0.3 is 11.9 Å². The number of hydrogen-bond donors (Lipinski definition) is 1. The normalized spacial score (nSPS) is 12.8. The van der Waals surface area contributed by atoms with Crippen molar-refractivity contribution in [2.45, 2.75) is 187 Å². The topological polar surface area (TPSA) is 72.8 Å². The third kappa shape index (κ3) is 36.4. The molecule has 0 aromatic heterocycles. The SMILES string of the molecule is CCCCC/C=C\C/C=C\C/C=C\C/C=C\CCCCCC(=O)O[C@@H](CO)COC(=O)CCCCCCCCC/C=C\CCCCCC. The monoisotopic (exact) mass is 671 g/mol. The largest absolute Gasteiger partial charge is 0.462 e. The van der Waals surface area contributed by atoms with Crippen LogP contribution in [0, 0.1) is 0 Å². The summed E-state index contributed by atoms with van der Waals surface area (Å²) in [6.45, 7) is 4.06. The summed E-state index contributed by atoms with van der Waals surface area (Å²) in [5.41, 5.74) is 0. The van der Waals surface area contributed by atoms with Gasteiger partial charge in [0, 0.05) is 12.8 Å². The first-order chi connectivity index (χ1) is 23.6. The molecule has 0 aliphatic carbocycles. The Labute approximate surface area is 296 Å². The van der Waals surface area contributed by atoms with Crippen molar-refractivity contribution in [1.82, 2.24) is 0 Å². The zero-order valence-corrected chi connectivity index (χ0v) is 31.2. The minimum Gasteiger partial charge on any atom is -0.462 e. The van der Waals surface area contributed by atoms with Crippen molar-refractivity contribution >= 4 is 11.9 Å². The number of aliphatic hydroxyl groups is 1. The molecule has 0 radical (unpaired) electrons. The summed E-state index contributed by atoms with van der Waals surface area (Å²) in [7, 11) is 0. The Morgan fingerprint density at radius 1 is 0.479 bits per heavy atom. The van der Waals surface area contributed by atoms with Crippen LogP contribution < -0.4 is 0 Å². The predicted octanol–water partition coefficient (Wildman–Crippen LogP) is 12.4. The summed E-state index contributed by atoms with van der Waals surface area (Å²) in [5.74, 6) is -0.635. The summed E-state index contributed by atoms with van der Waals surface area (Å²) in [4.78, 5) is 24.2. The van der Waals surface area contributed by atoms with Crippen molar-refractivity contribution in [3.8, 4) is 0 Å². The Morgan fingerprint density at radius 2 is 0.833 bits per heavy atom. The summed E-state index contributed by atoms with van der Waals surface area (Å²) in [5, 5.41) is 9.55. The van der Waals surface area contributed by atoms with Crippen LogP contribution in [0.2, 0.25) is 0 Å². The van der Waals surface area contributed by atoms with Gasteiger partial charge in [0.2, 0.25) is 0 Å². The average molecular weight is 671 g/mol. The molecule has 0 saturated heterocycles. The van der Waals surface area contributed by atoms with Gasteiger partial charge in [0.25, 0.3) is 0 Å². The number of carbonyl (C=O) groups excluding carboxylic acids is 2. The summed E-state index contributed by atoms with van der Waals surface area (Å²) >= 11 is 0. The van der Waals surface area contributed by atoms with Gasteiger partial charge in [0.15, 0.2) is 6.10 Å². The fourth-order valence-electron chi connectivity index (χ4n) is 5.24. The maximum atomic E-state index is 12.2. The average Bonchev–Trinajstić information content (AvgIpc) is 3.09. The van der Waals surface area contributed by atoms with Crippen molar-refractivity contribution in [2.24, 2.45) is 0 Å². The molecule has 0 aliphatic rings. The number of unbranched alkanes of at least 4 members (excludes halogenated alkanes) is 17. The minimum atomic E-state index is -0.791. The third-order valence-electron chi connectivity index (χ3n) is 8.28. The van der Waals surface area contributed by atoms with Gasteiger partial charge in [-0.25, -0.2) is 0 Å². The molecule has 0 rings (SSSR count). The molecule has 276 valence electrons. The molecule has 5 nitrogen and oxygen atoms in total. The first-order valence-electron chi connectivity index (χ1n) is 19.8. The van der Waals surface area contributed by atoms with Gasteiger partial charge in [-0.05, 0) is 83.5 Å². The molecule has 0 aliphatic heterocycles. The van der Waals surface area contributed by atoms with Gasteiger partial charge < -0.3 is 14.6 Å². The highest BCUT2D eigenvalue weighted by molar-refractivity contribution is 5.70. The van der Waals surface area contributed by atoms with Crippen LogP contribution in [0.4, 0.5) is 0 Å². The Balaban J connectivity index is 3.65. The molecule has 0 saturated carbocycles. The molecule has 0 spiro atoms. The second kappa shape index (κ2) is 39.0. The molecular weight excluding hydrogens is 596 g/mol. The zero-order chi connectivity index (χ0) is 35.0. The van der Waals surface area contributed by atoms with E-state index < -0.39 is 6.10 Å². The number of rotatable bonds is 35. The lowest BCUT2D eigenvalue weighted by molar-refractivity contribution is -0.161. The van der Waals surface area contributed by atoms with Crippen LogP contribution in [0.3, 0.4) is 0 Å². The van der Waals surface area contributed by atoms with E-state index in [1.54, 1.807) is 0 Å². The van der Waals surface area contributed by atoms with Crippen LogP contribution in [0.25, 0.3) is 0 Å². The fraction of sp³-hybridized carbons (Fsp3) is 0.721. The fourth-order valence-corrected chi connectivity index (χ4v) is 5.24. The molecule has 0 amide bonds. The molecule has 0 aromatic rings. The van der Waals surface area contributed by atoms with Gasteiger partial charge in [-0.3, -0.25) is 9.59 Å². The van der Waals surface area contributed by atoms with Crippen molar-refractivity contribution < 1.29 is 24.2 Å². The second-order valence-corrected chi connectivity index (χ2v) is 13.0. The molecule has 0 unspecified atom stereocenters. The smallest absolute Gasteiger partial charge is 0.306 e. The molecule has 1 atom stereocenters. The summed E-state index contributed by atoms with van der Waals surface area (Å²) in [6, 6.07) is 0. The molecule has 0 heterocycles. The first-order valence-corrected chi connectivity index (χ1v) is 19.8. The van der Waals surface area contributed by atoms with Crippen molar-refractivity contribution in [3.05, 3.63) is 60.8 Å². The lowest BCUT2D eigenvalue weighted by Gasteiger charge is -2.15. The highest BCUT2D eigenvalue weighted by atomic mass is 16.6. The Kier molecular flexibility index (Phi) is 37.1. The molecule has 0 aromatic carbocycles. The Morgan fingerprint density at radius 3 is 1.33 bits per heavy atom. The molecular formula is C43H74O5. The van der Waals surface area contributed by atoms with Crippen LogP contribution in [0.15, 0.2) is 60.8 Å². The number of allylic oxidation sites excluding steroid dienone is 10. The zero-order valence-electron chi connectivity index (χ0n) is 31.2. The van der Waals surface area contributed by atoms with Gasteiger partial charge in [0.1, 0.15) is 6.61 Å². The number of carbonyl (C=O) groups is 2. The number of ether oxygens (including phenoxy) is 2. The molecule has 0 fully saturated rings. The van der Waals surface area contributed by atoms with Crippen LogP contribution in [-0.2, 0) is 19.1 Å². The summed E-state index contributed by atoms with van der Waals surface area (Å²) in [6.07, 6.45) is 49.9. The highest BCUT2D eigenvalue weighted by Gasteiger charge is 2.16. The lowest BCUT2D eigenvalue weighted by atomic mass is 10.1. The van der Waals surface area contributed by atoms with Crippen molar-refractivity contribution in [3.63, 3.8) is 0 Å². The second-order valence-electron chi connectivity index (χ2n) is 13.0. The maximum absolute atomic E-state index is 12.2. The van der Waals surface area contributed by atoms with Crippen LogP contribution in [-0.4, -0.2) is 36.4 Å². The van der Waals surface area contributed by atoms with E-state index in [9.17, 15) is 14.7 Å². The molecule has 48 heavy (non-hydrogen) atoms. The molecule has 1 N–H and O–H groups in total. The number of aliphatic hydroxyl groups excluding tert-OH is 1. The van der Waals surface area contributed by atoms with E-state index in [4.69, 9.17) is 9.47 Å². The van der Waals surface area contributed by atoms with Gasteiger partial charge in [-0.1, -0.05) is 145 Å². The van der Waals surface area contributed by atoms with E-state index in [0.29, 0.717) is 12.8 Å². The van der Waals surface area contributed by atoms with Gasteiger partial charge in [-0.15, -0.1) is 0 Å². The Bertz CT molecular complexity index is 853. The number of hydrogen-bond acceptors (Lipinski definition) is 5. The van der Waals surface area contributed by atoms with Crippen LogP contribution >= 0.6 is 0 Å². The molecule has 5 heteroatoms. The number of esters is 2. The first kappa shape index (κ1) is 45.6. The van der Waals surface area contributed by atoms with E-state index in [1.807, 2.05) is 0 Å². The van der Waals surface area contributed by atoms with Crippen molar-refractivity contribution in [1.29, 1.82) is 0 Å². The predicted molar refractivity (Wildman–Crippen MR) is 205 cm³/mol. The Hall–Kier alpha value is -2.40. The standard InChI is InChI=1S/C43H74O5/c1-3-5-7-9-11-13-15-17-19-20-21-22-24-26-28-30-32-34-36-38-43(46)48-41(39-44)40-47-42(45)37-35-33-31-29-27-25-23-18-16-14-12-10-8-6-4-2/h11,13-14,16-17,19,21-22,26,28,41,44H,3-10,12,15,18,20,23-25,27,29-40H2,1-2H3/b13-11-,16-14-,19-17-,22-21-,28-26-/t41-/m0/s1. The van der Waals surface area contributed by atoms with Gasteiger partial charge in [-0.2, -0.15) is 0 Å². The highest BCUT2D eigenvalue weighted by Crippen LogP contribution is 2.12. The van der Waals surface area contributed by atoms with E-state index in [-0.39, 0.29) is 25.2 Å². The summed E-state index contributed by atoms with van der Waals surface area (Å²) < 4.78 is 10.6. The van der Waals surface area contributed by atoms with Crippen LogP contribution in [0.5, 0.6) is 0 Å². The minimum absolute atomic E-state index is 0.0830. The lowest BCUT2D eigenvalue weighted by Crippen LogP contribution is -2.28. The van der Waals surface area contributed by atoms with E-state index in [2.05, 4.69) is 74.6 Å². The van der Waals surface area contributed by atoms with Crippen LogP contribution in [0.1, 0.15) is 181 Å².